The Hall–Kier alpha value is -2.80. The van der Waals surface area contributed by atoms with E-state index >= 15 is 0 Å². The SMILES string of the molecule is C=CCOc1ccccc1CNC(=NC)NCC1CCN(Cc2nc(C)c(C)o2)CC1. The molecule has 7 heteroatoms. The number of nitrogens with zero attached hydrogens (tertiary/aromatic N) is 3. The molecule has 168 valence electrons. The predicted octanol–water partition coefficient (Wildman–Crippen LogP) is 3.43. The van der Waals surface area contributed by atoms with Gasteiger partial charge in [-0.3, -0.25) is 9.89 Å². The van der Waals surface area contributed by atoms with Crippen LogP contribution in [-0.4, -0.2) is 49.1 Å². The molecule has 0 saturated carbocycles. The molecule has 0 atom stereocenters. The van der Waals surface area contributed by atoms with Gasteiger partial charge in [0.25, 0.3) is 0 Å². The number of benzene rings is 1. The minimum absolute atomic E-state index is 0.498. The lowest BCUT2D eigenvalue weighted by Crippen LogP contribution is -2.42. The third kappa shape index (κ3) is 6.85. The first-order valence-corrected chi connectivity index (χ1v) is 11.0. The van der Waals surface area contributed by atoms with Gasteiger partial charge in [0, 0.05) is 25.7 Å². The van der Waals surface area contributed by atoms with Crippen LogP contribution in [-0.2, 0) is 13.1 Å². The summed E-state index contributed by atoms with van der Waals surface area (Å²) < 4.78 is 11.5. The minimum atomic E-state index is 0.498. The quantitative estimate of drug-likeness (QED) is 0.364. The number of aromatic nitrogens is 1. The summed E-state index contributed by atoms with van der Waals surface area (Å²) in [5.74, 6) is 4.06. The molecule has 7 nitrogen and oxygen atoms in total. The number of oxazole rings is 1. The smallest absolute Gasteiger partial charge is 0.208 e. The Morgan fingerprint density at radius 1 is 1.29 bits per heavy atom. The van der Waals surface area contributed by atoms with Gasteiger partial charge in [0.1, 0.15) is 18.1 Å². The van der Waals surface area contributed by atoms with Crippen molar-refractivity contribution in [1.29, 1.82) is 0 Å². The van der Waals surface area contributed by atoms with E-state index in [-0.39, 0.29) is 0 Å². The summed E-state index contributed by atoms with van der Waals surface area (Å²) in [5.41, 5.74) is 2.08. The van der Waals surface area contributed by atoms with E-state index < -0.39 is 0 Å². The van der Waals surface area contributed by atoms with E-state index in [0.29, 0.717) is 19.1 Å². The number of hydrogen-bond acceptors (Lipinski definition) is 5. The first-order valence-electron chi connectivity index (χ1n) is 11.0. The number of aryl methyl sites for hydroxylation is 2. The fourth-order valence-electron chi connectivity index (χ4n) is 3.73. The number of likely N-dealkylation sites (tertiary alicyclic amines) is 1. The normalized spacial score (nSPS) is 15.6. The Morgan fingerprint density at radius 3 is 2.74 bits per heavy atom. The standard InChI is InChI=1S/C24H35N5O2/c1-5-14-30-22-9-7-6-8-21(22)16-27-24(25-4)26-15-20-10-12-29(13-11-20)17-23-28-18(2)19(3)31-23/h5-9,20H,1,10-17H2,2-4H3,(H2,25,26,27). The van der Waals surface area contributed by atoms with Crippen molar-refractivity contribution < 1.29 is 9.15 Å². The zero-order valence-corrected chi connectivity index (χ0v) is 19.0. The number of ether oxygens (including phenoxy) is 1. The molecule has 2 aromatic rings. The summed E-state index contributed by atoms with van der Waals surface area (Å²) in [6, 6.07) is 8.03. The van der Waals surface area contributed by atoms with Crippen molar-refractivity contribution in [2.45, 2.75) is 39.8 Å². The largest absolute Gasteiger partial charge is 0.489 e. The van der Waals surface area contributed by atoms with E-state index in [1.165, 1.54) is 0 Å². The maximum absolute atomic E-state index is 5.73. The molecule has 1 aromatic carbocycles. The van der Waals surface area contributed by atoms with Gasteiger partial charge in [0.15, 0.2) is 5.96 Å². The number of aliphatic imine (C=N–C) groups is 1. The number of para-hydroxylation sites is 1. The Labute approximate surface area is 185 Å². The fourth-order valence-corrected chi connectivity index (χ4v) is 3.73. The third-order valence-corrected chi connectivity index (χ3v) is 5.70. The monoisotopic (exact) mass is 425 g/mol. The number of guanidine groups is 1. The predicted molar refractivity (Wildman–Crippen MR) is 124 cm³/mol. The van der Waals surface area contributed by atoms with Crippen molar-refractivity contribution in [3.05, 3.63) is 59.8 Å². The second-order valence-electron chi connectivity index (χ2n) is 7.98. The highest BCUT2D eigenvalue weighted by Crippen LogP contribution is 2.20. The molecule has 1 fully saturated rings. The summed E-state index contributed by atoms with van der Waals surface area (Å²) in [6.07, 6.45) is 4.06. The molecule has 0 radical (unpaired) electrons. The van der Waals surface area contributed by atoms with Crippen LogP contribution in [0.5, 0.6) is 5.75 Å². The van der Waals surface area contributed by atoms with Crippen molar-refractivity contribution in [2.24, 2.45) is 10.9 Å². The van der Waals surface area contributed by atoms with Gasteiger partial charge < -0.3 is 19.8 Å². The summed E-state index contributed by atoms with van der Waals surface area (Å²) in [6.45, 7) is 12.7. The van der Waals surface area contributed by atoms with E-state index in [2.05, 4.69) is 38.2 Å². The Bertz CT molecular complexity index is 849. The molecular weight excluding hydrogens is 390 g/mol. The molecule has 31 heavy (non-hydrogen) atoms. The van der Waals surface area contributed by atoms with Crippen molar-refractivity contribution in [3.8, 4) is 5.75 Å². The van der Waals surface area contributed by atoms with Gasteiger partial charge in [-0.15, -0.1) is 0 Å². The zero-order valence-electron chi connectivity index (χ0n) is 19.0. The molecule has 2 heterocycles. The van der Waals surface area contributed by atoms with Crippen LogP contribution in [0.15, 0.2) is 46.3 Å². The average Bonchev–Trinajstić information content (AvgIpc) is 3.10. The molecule has 1 aliphatic heterocycles. The lowest BCUT2D eigenvalue weighted by Gasteiger charge is -2.31. The Balaban J connectivity index is 1.40. The van der Waals surface area contributed by atoms with Crippen molar-refractivity contribution in [1.82, 2.24) is 20.5 Å². The second kappa shape index (κ2) is 11.6. The van der Waals surface area contributed by atoms with Crippen LogP contribution in [0.3, 0.4) is 0 Å². The number of nitrogens with one attached hydrogen (secondary N) is 2. The van der Waals surface area contributed by atoms with Gasteiger partial charge in [-0.05, 0) is 51.8 Å². The summed E-state index contributed by atoms with van der Waals surface area (Å²) in [7, 11) is 1.80. The Morgan fingerprint density at radius 2 is 2.06 bits per heavy atom. The lowest BCUT2D eigenvalue weighted by atomic mass is 9.97. The van der Waals surface area contributed by atoms with Crippen LogP contribution >= 0.6 is 0 Å². The summed E-state index contributed by atoms with van der Waals surface area (Å²) in [5, 5.41) is 6.87. The van der Waals surface area contributed by atoms with Crippen LogP contribution < -0.4 is 15.4 Å². The van der Waals surface area contributed by atoms with Crippen LogP contribution in [0.25, 0.3) is 0 Å². The minimum Gasteiger partial charge on any atom is -0.489 e. The highest BCUT2D eigenvalue weighted by Gasteiger charge is 2.21. The van der Waals surface area contributed by atoms with Crippen LogP contribution in [0.1, 0.15) is 35.7 Å². The fraction of sp³-hybridized carbons (Fsp3) is 0.500. The molecule has 0 unspecified atom stereocenters. The van der Waals surface area contributed by atoms with Crippen LogP contribution in [0.4, 0.5) is 0 Å². The van der Waals surface area contributed by atoms with Crippen LogP contribution in [0, 0.1) is 19.8 Å². The second-order valence-corrected chi connectivity index (χ2v) is 7.98. The lowest BCUT2D eigenvalue weighted by molar-refractivity contribution is 0.164. The van der Waals surface area contributed by atoms with Crippen LogP contribution in [0.2, 0.25) is 0 Å². The molecule has 1 saturated heterocycles. The van der Waals surface area contributed by atoms with Gasteiger partial charge in [0.2, 0.25) is 5.89 Å². The number of hydrogen-bond donors (Lipinski definition) is 2. The molecule has 2 N–H and O–H groups in total. The highest BCUT2D eigenvalue weighted by molar-refractivity contribution is 5.79. The van der Waals surface area contributed by atoms with Gasteiger partial charge in [0.05, 0.1) is 12.2 Å². The van der Waals surface area contributed by atoms with E-state index in [1.807, 2.05) is 32.0 Å². The van der Waals surface area contributed by atoms with Gasteiger partial charge in [-0.2, -0.15) is 0 Å². The van der Waals surface area contributed by atoms with Gasteiger partial charge >= 0.3 is 0 Å². The first-order chi connectivity index (χ1) is 15.1. The van der Waals surface area contributed by atoms with Crippen molar-refractivity contribution in [3.63, 3.8) is 0 Å². The molecule has 0 amide bonds. The molecule has 3 rings (SSSR count). The van der Waals surface area contributed by atoms with Gasteiger partial charge in [-0.1, -0.05) is 30.9 Å². The Kier molecular flexibility index (Phi) is 8.53. The van der Waals surface area contributed by atoms with E-state index in [1.54, 1.807) is 13.1 Å². The summed E-state index contributed by atoms with van der Waals surface area (Å²) in [4.78, 5) is 11.3. The molecule has 0 bridgehead atoms. The third-order valence-electron chi connectivity index (χ3n) is 5.70. The zero-order chi connectivity index (χ0) is 22.1. The molecule has 1 aliphatic rings. The van der Waals surface area contributed by atoms with E-state index in [9.17, 15) is 0 Å². The average molecular weight is 426 g/mol. The highest BCUT2D eigenvalue weighted by atomic mass is 16.5. The molecule has 1 aromatic heterocycles. The maximum Gasteiger partial charge on any atom is 0.208 e. The number of piperidine rings is 1. The van der Waals surface area contributed by atoms with Crippen molar-refractivity contribution >= 4 is 5.96 Å². The number of rotatable bonds is 9. The molecule has 0 aliphatic carbocycles. The molecular formula is C24H35N5O2. The summed E-state index contributed by atoms with van der Waals surface area (Å²) >= 11 is 0. The van der Waals surface area contributed by atoms with Crippen molar-refractivity contribution in [2.75, 3.05) is 33.3 Å². The topological polar surface area (TPSA) is 74.9 Å². The van der Waals surface area contributed by atoms with E-state index in [0.717, 1.165) is 73.6 Å². The maximum atomic E-state index is 5.73. The first kappa shape index (κ1) is 22.9. The van der Waals surface area contributed by atoms with Gasteiger partial charge in [-0.25, -0.2) is 4.98 Å². The molecule has 0 spiro atoms. The van der Waals surface area contributed by atoms with E-state index in [4.69, 9.17) is 9.15 Å².